The Morgan fingerprint density at radius 3 is 3.14 bits per heavy atom. The first-order valence-corrected chi connectivity index (χ1v) is 7.89. The minimum Gasteiger partial charge on any atom is -0.338 e. The number of aryl methyl sites for hydroxylation is 2. The van der Waals surface area contributed by atoms with E-state index in [1.807, 2.05) is 0 Å². The quantitative estimate of drug-likeness (QED) is 0.830. The van der Waals surface area contributed by atoms with Gasteiger partial charge in [-0.3, -0.25) is 9.69 Å². The molecule has 1 aliphatic heterocycles. The molecule has 1 fully saturated rings. The molecular weight excluding hydrogens is 282 g/mol. The molecule has 1 aliphatic carbocycles. The molecule has 1 atom stereocenters. The summed E-state index contributed by atoms with van der Waals surface area (Å²) in [7, 11) is 0. The number of aromatic nitrogens is 4. The number of likely N-dealkylation sites (tertiary alicyclic amines) is 1. The molecule has 3 heterocycles. The second kappa shape index (κ2) is 5.64. The zero-order valence-electron chi connectivity index (χ0n) is 12.4. The molecule has 2 aromatic heterocycles. The molecular formula is C15H19N5O2. The third kappa shape index (κ3) is 2.56. The van der Waals surface area contributed by atoms with Crippen LogP contribution in [0.1, 0.15) is 36.4 Å². The minimum atomic E-state index is 0.0188. The topological polar surface area (TPSA) is 77.1 Å². The normalized spacial score (nSPS) is 21.4. The van der Waals surface area contributed by atoms with Crippen LogP contribution in [0.15, 0.2) is 21.7 Å². The van der Waals surface area contributed by atoms with Gasteiger partial charge in [-0.25, -0.2) is 4.68 Å². The highest BCUT2D eigenvalue weighted by Gasteiger charge is 2.27. The second-order valence-electron chi connectivity index (χ2n) is 6.09. The molecule has 116 valence electrons. The van der Waals surface area contributed by atoms with Crippen molar-refractivity contribution in [3.63, 3.8) is 0 Å². The number of nitrogens with zero attached hydrogens (tertiary/aromatic N) is 5. The number of hydrogen-bond acceptors (Lipinski definition) is 6. The van der Waals surface area contributed by atoms with E-state index >= 15 is 0 Å². The Morgan fingerprint density at radius 2 is 2.27 bits per heavy atom. The van der Waals surface area contributed by atoms with Crippen LogP contribution < -0.4 is 5.56 Å². The first-order chi connectivity index (χ1) is 10.8. The Labute approximate surface area is 127 Å². The summed E-state index contributed by atoms with van der Waals surface area (Å²) in [5.41, 5.74) is 2.25. The first-order valence-electron chi connectivity index (χ1n) is 7.89. The van der Waals surface area contributed by atoms with Crippen molar-refractivity contribution < 1.29 is 4.52 Å². The van der Waals surface area contributed by atoms with Gasteiger partial charge in [0.25, 0.3) is 5.56 Å². The predicted octanol–water partition coefficient (Wildman–Crippen LogP) is 0.780. The molecule has 7 nitrogen and oxygen atoms in total. The minimum absolute atomic E-state index is 0.0188. The van der Waals surface area contributed by atoms with Gasteiger partial charge in [0.15, 0.2) is 6.33 Å². The van der Waals surface area contributed by atoms with Crippen LogP contribution in [0.4, 0.5) is 0 Å². The summed E-state index contributed by atoms with van der Waals surface area (Å²) in [6.45, 7) is 2.28. The highest BCUT2D eigenvalue weighted by molar-refractivity contribution is 5.22. The first kappa shape index (κ1) is 13.6. The lowest BCUT2D eigenvalue weighted by atomic mass is 10.2. The third-order valence-electron chi connectivity index (χ3n) is 4.65. The Bertz CT molecular complexity index is 709. The van der Waals surface area contributed by atoms with Gasteiger partial charge >= 0.3 is 0 Å². The van der Waals surface area contributed by atoms with Crippen LogP contribution >= 0.6 is 0 Å². The smallest absolute Gasteiger partial charge is 0.267 e. The van der Waals surface area contributed by atoms with Gasteiger partial charge in [-0.2, -0.15) is 10.1 Å². The van der Waals surface area contributed by atoms with Crippen LogP contribution in [0.25, 0.3) is 0 Å². The van der Waals surface area contributed by atoms with Gasteiger partial charge in [-0.1, -0.05) is 5.16 Å². The molecule has 1 saturated heterocycles. The van der Waals surface area contributed by atoms with Crippen molar-refractivity contribution in [3.05, 3.63) is 39.9 Å². The Balaban J connectivity index is 1.51. The molecule has 0 saturated carbocycles. The fourth-order valence-electron chi connectivity index (χ4n) is 3.52. The molecule has 0 bridgehead atoms. The summed E-state index contributed by atoms with van der Waals surface area (Å²) in [6, 6.07) is 2.07. The predicted molar refractivity (Wildman–Crippen MR) is 78.3 cm³/mol. The van der Waals surface area contributed by atoms with Crippen molar-refractivity contribution in [2.24, 2.45) is 0 Å². The SMILES string of the molecule is O=c1cc2c(nn1CC1CCCN1Cc1ncno1)CCC2. The number of hydrogen-bond donors (Lipinski definition) is 0. The van der Waals surface area contributed by atoms with Crippen LogP contribution in [0.3, 0.4) is 0 Å². The molecule has 0 radical (unpaired) electrons. The summed E-state index contributed by atoms with van der Waals surface area (Å²) in [6.07, 6.45) is 6.71. The van der Waals surface area contributed by atoms with E-state index in [9.17, 15) is 4.79 Å². The van der Waals surface area contributed by atoms with Gasteiger partial charge in [0, 0.05) is 12.1 Å². The second-order valence-corrected chi connectivity index (χ2v) is 6.09. The summed E-state index contributed by atoms with van der Waals surface area (Å²) in [5.74, 6) is 0.626. The number of rotatable bonds is 4. The monoisotopic (exact) mass is 301 g/mol. The Kier molecular flexibility index (Phi) is 3.49. The third-order valence-corrected chi connectivity index (χ3v) is 4.65. The lowest BCUT2D eigenvalue weighted by molar-refractivity contribution is 0.190. The van der Waals surface area contributed by atoms with E-state index in [1.54, 1.807) is 10.7 Å². The Hall–Kier alpha value is -2.02. The molecule has 2 aliphatic rings. The fourth-order valence-corrected chi connectivity index (χ4v) is 3.52. The van der Waals surface area contributed by atoms with E-state index in [-0.39, 0.29) is 5.56 Å². The molecule has 1 unspecified atom stereocenters. The fraction of sp³-hybridized carbons (Fsp3) is 0.600. The largest absolute Gasteiger partial charge is 0.338 e. The average Bonchev–Trinajstić information content (AvgIpc) is 3.23. The highest BCUT2D eigenvalue weighted by atomic mass is 16.5. The Morgan fingerprint density at radius 1 is 1.32 bits per heavy atom. The molecule has 0 N–H and O–H groups in total. The standard InChI is InChI=1S/C15H19N5O2/c21-15-7-11-3-1-5-13(11)18-20(15)8-12-4-2-6-19(12)9-14-16-10-17-22-14/h7,10,12H,1-6,8-9H2. The van der Waals surface area contributed by atoms with E-state index < -0.39 is 0 Å². The highest BCUT2D eigenvalue weighted by Crippen LogP contribution is 2.21. The molecule has 7 heteroatoms. The van der Waals surface area contributed by atoms with Gasteiger partial charge in [0.1, 0.15) is 0 Å². The van der Waals surface area contributed by atoms with E-state index in [1.165, 1.54) is 6.33 Å². The summed E-state index contributed by atoms with van der Waals surface area (Å²) in [4.78, 5) is 18.6. The van der Waals surface area contributed by atoms with Crippen LogP contribution in [-0.4, -0.2) is 37.4 Å². The van der Waals surface area contributed by atoms with Crippen molar-refractivity contribution in [1.29, 1.82) is 0 Å². The van der Waals surface area contributed by atoms with Crippen LogP contribution in [0.5, 0.6) is 0 Å². The lowest BCUT2D eigenvalue weighted by Crippen LogP contribution is -2.37. The van der Waals surface area contributed by atoms with Gasteiger partial charge < -0.3 is 4.52 Å². The van der Waals surface area contributed by atoms with Crippen LogP contribution in [-0.2, 0) is 25.9 Å². The number of fused-ring (bicyclic) bond motifs is 1. The molecule has 0 amide bonds. The van der Waals surface area contributed by atoms with Crippen molar-refractivity contribution in [3.8, 4) is 0 Å². The van der Waals surface area contributed by atoms with Crippen LogP contribution in [0, 0.1) is 0 Å². The molecule has 0 spiro atoms. The molecule has 2 aromatic rings. The van der Waals surface area contributed by atoms with Crippen molar-refractivity contribution in [2.45, 2.75) is 51.2 Å². The lowest BCUT2D eigenvalue weighted by Gasteiger charge is -2.23. The van der Waals surface area contributed by atoms with E-state index in [0.717, 1.165) is 49.9 Å². The van der Waals surface area contributed by atoms with Gasteiger partial charge in [0.2, 0.25) is 5.89 Å². The van der Waals surface area contributed by atoms with Gasteiger partial charge in [-0.15, -0.1) is 0 Å². The van der Waals surface area contributed by atoms with E-state index in [2.05, 4.69) is 20.1 Å². The zero-order chi connectivity index (χ0) is 14.9. The van der Waals surface area contributed by atoms with Gasteiger partial charge in [-0.05, 0) is 44.2 Å². The zero-order valence-corrected chi connectivity index (χ0v) is 12.4. The summed E-state index contributed by atoms with van der Waals surface area (Å²) >= 11 is 0. The van der Waals surface area contributed by atoms with Crippen LogP contribution in [0.2, 0.25) is 0 Å². The maximum atomic E-state index is 12.2. The van der Waals surface area contributed by atoms with Crippen molar-refractivity contribution in [2.75, 3.05) is 6.54 Å². The maximum Gasteiger partial charge on any atom is 0.267 e. The maximum absolute atomic E-state index is 12.2. The van der Waals surface area contributed by atoms with Gasteiger partial charge in [0.05, 0.1) is 18.8 Å². The van der Waals surface area contributed by atoms with Crippen molar-refractivity contribution in [1.82, 2.24) is 24.8 Å². The van der Waals surface area contributed by atoms with E-state index in [4.69, 9.17) is 4.52 Å². The summed E-state index contributed by atoms with van der Waals surface area (Å²) < 4.78 is 6.73. The molecule has 4 rings (SSSR count). The van der Waals surface area contributed by atoms with Crippen molar-refractivity contribution >= 4 is 0 Å². The average molecular weight is 301 g/mol. The molecule has 22 heavy (non-hydrogen) atoms. The van der Waals surface area contributed by atoms with E-state index in [0.29, 0.717) is 25.0 Å². The summed E-state index contributed by atoms with van der Waals surface area (Å²) in [5, 5.41) is 8.22. The molecule has 0 aromatic carbocycles.